The average Bonchev–Trinajstić information content (AvgIpc) is 3.79. The molecule has 3 aromatic rings. The molecule has 1 saturated carbocycles. The summed E-state index contributed by atoms with van der Waals surface area (Å²) in [5.74, 6) is -2.64. The normalized spacial score (nSPS) is 24.4. The summed E-state index contributed by atoms with van der Waals surface area (Å²) in [5.41, 5.74) is 8.20. The molecule has 1 aromatic heterocycles. The van der Waals surface area contributed by atoms with E-state index in [1.54, 1.807) is 40.5 Å². The van der Waals surface area contributed by atoms with Crippen molar-refractivity contribution in [3.8, 4) is 0 Å². The van der Waals surface area contributed by atoms with Gasteiger partial charge in [0.05, 0.1) is 21.8 Å². The number of sulfone groups is 1. The highest BCUT2D eigenvalue weighted by atomic mass is 32.2. The molecule has 3 aliphatic heterocycles. The van der Waals surface area contributed by atoms with Crippen LogP contribution in [0.3, 0.4) is 0 Å². The molecule has 65 heavy (non-hydrogen) atoms. The monoisotopic (exact) mass is 916 g/mol. The van der Waals surface area contributed by atoms with Gasteiger partial charge in [0.1, 0.15) is 18.1 Å². The highest BCUT2D eigenvalue weighted by Gasteiger charge is 2.45. The lowest BCUT2D eigenvalue weighted by Gasteiger charge is -2.38. The zero-order valence-electron chi connectivity index (χ0n) is 37.3. The molecule has 5 atom stereocenters. The van der Waals surface area contributed by atoms with Crippen LogP contribution < -0.4 is 27.4 Å². The highest BCUT2D eigenvalue weighted by Crippen LogP contribution is 2.35. The minimum atomic E-state index is -3.39. The number of carbonyl (C=O) groups is 7. The van der Waals surface area contributed by atoms with Crippen LogP contribution in [0, 0.1) is 17.8 Å². The number of piperidine rings is 1. The summed E-state index contributed by atoms with van der Waals surface area (Å²) < 4.78 is 26.7. The van der Waals surface area contributed by atoms with Crippen LogP contribution in [-0.4, -0.2) is 106 Å². The standard InChI is InChI=1S/C46H60N8O10S/c1-27-26-52(41(57)24-29-6-4-28(5-7-29)22-31-10-15-35-38(23-31)51(2)46(62)54(35)37-17-19-40(56)50-44(37)60)21-20-32-11-16-36(53(32)45(27)61)43(59)49-34(14-18-39(47)55)42(58)48-25-30-8-12-33(13-9-30)65(3,63)64/h8-10,12-13,15,23,27-29,32,34,36-37H,4-7,11,14,16-22,24-26H2,1-3H3,(H2,47,55)(H,48,58)(H,49,59)(H,50,56,60)/t27-,28-,29-,32+,34-,36-,37?/m0/s1. The van der Waals surface area contributed by atoms with Crippen LogP contribution in [0.1, 0.15) is 101 Å². The van der Waals surface area contributed by atoms with Crippen LogP contribution in [0.2, 0.25) is 0 Å². The molecule has 4 aliphatic rings. The molecule has 1 aliphatic carbocycles. The largest absolute Gasteiger partial charge is 0.370 e. The molecule has 5 N–H and O–H groups in total. The average molecular weight is 917 g/mol. The fraction of sp³-hybridized carbons (Fsp3) is 0.565. The van der Waals surface area contributed by atoms with Crippen molar-refractivity contribution in [2.75, 3.05) is 19.3 Å². The maximum Gasteiger partial charge on any atom is 0.329 e. The lowest BCUT2D eigenvalue weighted by Crippen LogP contribution is -2.57. The number of imide groups is 1. The van der Waals surface area contributed by atoms with Gasteiger partial charge < -0.3 is 26.2 Å². The van der Waals surface area contributed by atoms with E-state index >= 15 is 0 Å². The van der Waals surface area contributed by atoms with Gasteiger partial charge in [-0.15, -0.1) is 0 Å². The van der Waals surface area contributed by atoms with Gasteiger partial charge in [0.2, 0.25) is 41.4 Å². The second kappa shape index (κ2) is 19.7. The molecule has 2 aromatic carbocycles. The summed E-state index contributed by atoms with van der Waals surface area (Å²) in [6.45, 7) is 2.50. The third kappa shape index (κ3) is 10.8. The van der Waals surface area contributed by atoms with Gasteiger partial charge in [-0.25, -0.2) is 13.2 Å². The summed E-state index contributed by atoms with van der Waals surface area (Å²) in [6.07, 6.45) is 7.71. The predicted octanol–water partition coefficient (Wildman–Crippen LogP) is 1.75. The molecule has 19 heteroatoms. The maximum absolute atomic E-state index is 14.0. The number of primary amides is 1. The SMILES string of the molecule is C[C@H]1CN(C(=O)C[C@H]2CC[C@H](Cc3ccc4c(c3)n(C)c(=O)n4C3CCC(=O)NC3=O)CC2)CC[C@H]2CC[C@@H](C(=O)N[C@@H](CCC(N)=O)C(=O)NCc3ccc(S(C)(=O)=O)cc3)N2C1=O. The van der Waals surface area contributed by atoms with Gasteiger partial charge in [-0.3, -0.25) is 48.0 Å². The number of nitrogens with zero attached hydrogens (tertiary/aromatic N) is 4. The summed E-state index contributed by atoms with van der Waals surface area (Å²) in [5, 5.41) is 7.86. The van der Waals surface area contributed by atoms with E-state index in [-0.39, 0.29) is 79.0 Å². The first-order chi connectivity index (χ1) is 30.9. The van der Waals surface area contributed by atoms with Crippen molar-refractivity contribution in [2.45, 2.75) is 126 Å². The summed E-state index contributed by atoms with van der Waals surface area (Å²) in [7, 11) is -1.70. The number of benzene rings is 2. The number of carbonyl (C=O) groups excluding carboxylic acids is 7. The molecule has 0 spiro atoms. The molecule has 1 unspecified atom stereocenters. The van der Waals surface area contributed by atoms with Gasteiger partial charge in [0.15, 0.2) is 9.84 Å². The first-order valence-electron chi connectivity index (χ1n) is 22.7. The van der Waals surface area contributed by atoms with E-state index in [4.69, 9.17) is 5.73 Å². The second-order valence-corrected chi connectivity index (χ2v) is 20.5. The fourth-order valence-electron chi connectivity index (χ4n) is 10.1. The quantitative estimate of drug-likeness (QED) is 0.171. The number of nitrogens with two attached hydrogens (primary N) is 1. The van der Waals surface area contributed by atoms with Gasteiger partial charge in [-0.1, -0.05) is 25.1 Å². The Balaban J connectivity index is 0.901. The van der Waals surface area contributed by atoms with E-state index in [9.17, 15) is 46.8 Å². The Labute approximate surface area is 377 Å². The van der Waals surface area contributed by atoms with Crippen molar-refractivity contribution in [3.63, 3.8) is 0 Å². The number of hydrogen-bond donors (Lipinski definition) is 4. The molecule has 4 fully saturated rings. The van der Waals surface area contributed by atoms with E-state index in [1.807, 2.05) is 18.2 Å². The third-order valence-electron chi connectivity index (χ3n) is 13.8. The topological polar surface area (TPSA) is 249 Å². The van der Waals surface area contributed by atoms with E-state index in [1.165, 1.54) is 16.7 Å². The lowest BCUT2D eigenvalue weighted by molar-refractivity contribution is -0.147. The molecule has 7 amide bonds. The Morgan fingerprint density at radius 2 is 1.57 bits per heavy atom. The lowest BCUT2D eigenvalue weighted by atomic mass is 9.78. The minimum Gasteiger partial charge on any atom is -0.370 e. The zero-order valence-corrected chi connectivity index (χ0v) is 38.1. The number of aryl methyl sites for hydroxylation is 1. The van der Waals surface area contributed by atoms with Gasteiger partial charge >= 0.3 is 5.69 Å². The maximum atomic E-state index is 14.0. The molecule has 0 radical (unpaired) electrons. The number of rotatable bonds is 14. The van der Waals surface area contributed by atoms with E-state index in [0.29, 0.717) is 49.2 Å². The van der Waals surface area contributed by atoms with E-state index in [0.717, 1.165) is 49.4 Å². The van der Waals surface area contributed by atoms with E-state index in [2.05, 4.69) is 16.0 Å². The predicted molar refractivity (Wildman–Crippen MR) is 238 cm³/mol. The Morgan fingerprint density at radius 3 is 2.25 bits per heavy atom. The van der Waals surface area contributed by atoms with Crippen molar-refractivity contribution >= 4 is 62.2 Å². The van der Waals surface area contributed by atoms with E-state index < -0.39 is 57.5 Å². The van der Waals surface area contributed by atoms with Crippen LogP contribution in [0.5, 0.6) is 0 Å². The molecule has 0 bridgehead atoms. The number of imidazole rings is 1. The van der Waals surface area contributed by atoms with Gasteiger partial charge in [-0.05, 0) is 111 Å². The van der Waals surface area contributed by atoms with Gasteiger partial charge in [0.25, 0.3) is 0 Å². The Hall–Kier alpha value is -5.85. The zero-order chi connectivity index (χ0) is 46.7. The Bertz CT molecular complexity index is 2530. The highest BCUT2D eigenvalue weighted by molar-refractivity contribution is 7.90. The Kier molecular flexibility index (Phi) is 14.3. The van der Waals surface area contributed by atoms with Crippen molar-refractivity contribution in [1.29, 1.82) is 0 Å². The molecule has 7 rings (SSSR count). The smallest absolute Gasteiger partial charge is 0.329 e. The molecule has 3 saturated heterocycles. The summed E-state index contributed by atoms with van der Waals surface area (Å²) in [4.78, 5) is 108. The molecular weight excluding hydrogens is 857 g/mol. The van der Waals surface area contributed by atoms with Gasteiger partial charge in [0, 0.05) is 58.2 Å². The van der Waals surface area contributed by atoms with Crippen molar-refractivity contribution < 1.29 is 42.0 Å². The van der Waals surface area contributed by atoms with Crippen LogP contribution in [0.15, 0.2) is 52.2 Å². The van der Waals surface area contributed by atoms with Crippen LogP contribution in [0.25, 0.3) is 11.0 Å². The summed E-state index contributed by atoms with van der Waals surface area (Å²) >= 11 is 0. The fourth-order valence-corrected chi connectivity index (χ4v) is 10.8. The van der Waals surface area contributed by atoms with Crippen molar-refractivity contribution in [2.24, 2.45) is 30.5 Å². The molecule has 350 valence electrons. The Morgan fingerprint density at radius 1 is 0.877 bits per heavy atom. The molecular formula is C46H60N8O10S. The third-order valence-corrected chi connectivity index (χ3v) is 14.9. The van der Waals surface area contributed by atoms with Crippen LogP contribution in [-0.2, 0) is 63.4 Å². The second-order valence-electron chi connectivity index (χ2n) is 18.5. The number of nitrogens with one attached hydrogen (secondary N) is 3. The first kappa shape index (κ1) is 47.1. The first-order valence-corrected chi connectivity index (χ1v) is 24.6. The number of hydrogen-bond acceptors (Lipinski definition) is 10. The van der Waals surface area contributed by atoms with Gasteiger partial charge in [-0.2, -0.15) is 0 Å². The number of aromatic nitrogens is 2. The molecule has 4 heterocycles. The van der Waals surface area contributed by atoms with Crippen molar-refractivity contribution in [3.05, 3.63) is 64.1 Å². The molecule has 18 nitrogen and oxygen atoms in total. The van der Waals surface area contributed by atoms with Crippen LogP contribution >= 0.6 is 0 Å². The number of fused-ring (bicyclic) bond motifs is 2. The van der Waals surface area contributed by atoms with Crippen LogP contribution in [0.4, 0.5) is 0 Å². The minimum absolute atomic E-state index is 0.0235. The number of amides is 7. The summed E-state index contributed by atoms with van der Waals surface area (Å²) in [6, 6.07) is 9.00. The van der Waals surface area contributed by atoms with Crippen molar-refractivity contribution in [1.82, 2.24) is 34.9 Å².